The summed E-state index contributed by atoms with van der Waals surface area (Å²) in [7, 11) is 1.65. The van der Waals surface area contributed by atoms with Crippen molar-refractivity contribution in [2.75, 3.05) is 20.2 Å². The highest BCUT2D eigenvalue weighted by atomic mass is 16.5. The largest absolute Gasteiger partial charge is 0.457 e. The Balaban J connectivity index is 2.49. The van der Waals surface area contributed by atoms with Crippen LogP contribution in [-0.4, -0.2) is 37.0 Å². The van der Waals surface area contributed by atoms with E-state index in [2.05, 4.69) is 23.7 Å². The van der Waals surface area contributed by atoms with E-state index in [-0.39, 0.29) is 0 Å². The lowest BCUT2D eigenvalue weighted by Crippen LogP contribution is -2.22. The molecule has 1 aromatic heterocycles. The Kier molecular flexibility index (Phi) is 6.93. The average molecular weight is 289 g/mol. The molecule has 0 saturated carbocycles. The molecule has 0 aliphatic rings. The summed E-state index contributed by atoms with van der Waals surface area (Å²) in [6.07, 6.45) is 4.56. The van der Waals surface area contributed by atoms with E-state index >= 15 is 0 Å². The first-order chi connectivity index (χ1) is 10.0. The molecule has 4 nitrogen and oxygen atoms in total. The Morgan fingerprint density at radius 2 is 2.19 bits per heavy atom. The molecule has 0 N–H and O–H groups in total. The molecule has 114 valence electrons. The van der Waals surface area contributed by atoms with Crippen molar-refractivity contribution in [3.8, 4) is 11.8 Å². The van der Waals surface area contributed by atoms with Crippen molar-refractivity contribution in [1.29, 1.82) is 0 Å². The van der Waals surface area contributed by atoms with Crippen LogP contribution in [0.15, 0.2) is 28.7 Å². The Morgan fingerprint density at radius 3 is 2.76 bits per heavy atom. The third-order valence-electron chi connectivity index (χ3n) is 3.07. The van der Waals surface area contributed by atoms with E-state index in [0.29, 0.717) is 18.6 Å². The second kappa shape index (κ2) is 8.46. The molecule has 1 rings (SSSR count). The van der Waals surface area contributed by atoms with Crippen molar-refractivity contribution in [1.82, 2.24) is 4.90 Å². The number of aldehydes is 1. The molecule has 1 aromatic rings. The number of hydrogen-bond acceptors (Lipinski definition) is 4. The number of ether oxygens (including phenoxy) is 1. The third kappa shape index (κ3) is 6.44. The molecule has 0 radical (unpaired) electrons. The fourth-order valence-corrected chi connectivity index (χ4v) is 1.60. The number of methoxy groups -OCH3 is 1. The van der Waals surface area contributed by atoms with Crippen LogP contribution < -0.4 is 0 Å². The molecular formula is C17H23NO3. The first-order valence-electron chi connectivity index (χ1n) is 7.00. The van der Waals surface area contributed by atoms with Gasteiger partial charge in [-0.05, 0) is 38.6 Å². The fourth-order valence-electron chi connectivity index (χ4n) is 1.60. The lowest BCUT2D eigenvalue weighted by Gasteiger charge is -2.16. The van der Waals surface area contributed by atoms with Crippen molar-refractivity contribution in [3.05, 3.63) is 35.8 Å². The molecule has 0 fully saturated rings. The van der Waals surface area contributed by atoms with Gasteiger partial charge >= 0.3 is 0 Å². The molecule has 0 amide bonds. The van der Waals surface area contributed by atoms with E-state index in [1.807, 2.05) is 32.1 Å². The highest BCUT2D eigenvalue weighted by molar-refractivity contribution is 5.70. The minimum Gasteiger partial charge on any atom is -0.457 e. The molecule has 0 spiro atoms. The monoisotopic (exact) mass is 289 g/mol. The summed E-state index contributed by atoms with van der Waals surface area (Å²) in [5.41, 5.74) is -0.422. The number of nitrogens with zero attached hydrogens (tertiary/aromatic N) is 1. The fraction of sp³-hybridized carbons (Fsp3) is 0.471. The molecule has 21 heavy (non-hydrogen) atoms. The number of likely N-dealkylation sites (N-methyl/N-ethyl adjacent to an activating group) is 1. The number of rotatable bonds is 7. The normalized spacial score (nSPS) is 11.7. The van der Waals surface area contributed by atoms with Gasteiger partial charge in [-0.15, -0.1) is 0 Å². The molecule has 0 aliphatic carbocycles. The van der Waals surface area contributed by atoms with Crippen LogP contribution in [0.5, 0.6) is 0 Å². The predicted octanol–water partition coefficient (Wildman–Crippen LogP) is 2.90. The Morgan fingerprint density at radius 1 is 1.43 bits per heavy atom. The summed E-state index contributed by atoms with van der Waals surface area (Å²) in [6.45, 7) is 8.26. The summed E-state index contributed by atoms with van der Waals surface area (Å²) in [5, 5.41) is 0. The maximum absolute atomic E-state index is 10.6. The van der Waals surface area contributed by atoms with E-state index in [1.165, 1.54) is 0 Å². The van der Waals surface area contributed by atoms with Gasteiger partial charge in [0.25, 0.3) is 0 Å². The van der Waals surface area contributed by atoms with Crippen LogP contribution in [0.1, 0.15) is 37.1 Å². The smallest absolute Gasteiger partial charge is 0.185 e. The van der Waals surface area contributed by atoms with Gasteiger partial charge in [-0.25, -0.2) is 0 Å². The Hall–Kier alpha value is -1.83. The van der Waals surface area contributed by atoms with Gasteiger partial charge < -0.3 is 9.15 Å². The van der Waals surface area contributed by atoms with E-state index in [1.54, 1.807) is 13.2 Å². The number of carbonyl (C=O) groups is 1. The highest BCUT2D eigenvalue weighted by Crippen LogP contribution is 2.09. The van der Waals surface area contributed by atoms with Crippen molar-refractivity contribution < 1.29 is 13.9 Å². The van der Waals surface area contributed by atoms with Crippen LogP contribution >= 0.6 is 0 Å². The van der Waals surface area contributed by atoms with Crippen molar-refractivity contribution >= 4 is 6.29 Å². The maximum atomic E-state index is 10.6. The van der Waals surface area contributed by atoms with Crippen LogP contribution in [0.2, 0.25) is 0 Å². The van der Waals surface area contributed by atoms with Crippen LogP contribution in [0.25, 0.3) is 0 Å². The highest BCUT2D eigenvalue weighted by Gasteiger charge is 2.10. The van der Waals surface area contributed by atoms with E-state index < -0.39 is 5.60 Å². The number of hydrogen-bond donors (Lipinski definition) is 0. The van der Waals surface area contributed by atoms with Crippen LogP contribution in [-0.2, 0) is 11.3 Å². The van der Waals surface area contributed by atoms with Gasteiger partial charge in [-0.2, -0.15) is 0 Å². The van der Waals surface area contributed by atoms with E-state index in [0.717, 1.165) is 18.8 Å². The lowest BCUT2D eigenvalue weighted by atomic mass is 10.1. The van der Waals surface area contributed by atoms with Gasteiger partial charge in [-0.1, -0.05) is 24.8 Å². The maximum Gasteiger partial charge on any atom is 0.185 e. The predicted molar refractivity (Wildman–Crippen MR) is 83.1 cm³/mol. The summed E-state index contributed by atoms with van der Waals surface area (Å²) in [5.74, 6) is 7.16. The summed E-state index contributed by atoms with van der Waals surface area (Å²) in [6, 6.07) is 3.52. The molecule has 1 heterocycles. The molecule has 0 aromatic carbocycles. The summed E-state index contributed by atoms with van der Waals surface area (Å²) >= 11 is 0. The van der Waals surface area contributed by atoms with Crippen LogP contribution in [0.4, 0.5) is 0 Å². The van der Waals surface area contributed by atoms with Crippen LogP contribution in [0, 0.1) is 11.8 Å². The zero-order valence-corrected chi connectivity index (χ0v) is 13.2. The number of allylic oxidation sites excluding steroid dienone is 1. The van der Waals surface area contributed by atoms with Crippen molar-refractivity contribution in [2.24, 2.45) is 0 Å². The third-order valence-corrected chi connectivity index (χ3v) is 3.07. The molecule has 0 unspecified atom stereocenters. The van der Waals surface area contributed by atoms with Gasteiger partial charge in [-0.3, -0.25) is 9.69 Å². The van der Waals surface area contributed by atoms with E-state index in [9.17, 15) is 4.79 Å². The standard InChI is InChI=1S/C17H23NO3/c1-5-18(13-15-9-10-16(14-19)21-15)12-8-6-7-11-17(2,3)20-4/h6,8-10,14H,5,12-13H2,1-4H3/b8-6+. The first-order valence-corrected chi connectivity index (χ1v) is 7.00. The molecular weight excluding hydrogens is 266 g/mol. The van der Waals surface area contributed by atoms with Gasteiger partial charge in [0, 0.05) is 13.7 Å². The van der Waals surface area contributed by atoms with Crippen LogP contribution in [0.3, 0.4) is 0 Å². The Bertz CT molecular complexity index is 532. The quantitative estimate of drug-likeness (QED) is 0.572. The minimum absolute atomic E-state index is 0.365. The SMILES string of the molecule is CCN(C/C=C/C#CC(C)(C)OC)Cc1ccc(C=O)o1. The number of furan rings is 1. The Labute approximate surface area is 126 Å². The average Bonchev–Trinajstić information content (AvgIpc) is 2.93. The molecule has 0 aliphatic heterocycles. The lowest BCUT2D eigenvalue weighted by molar-refractivity contribution is 0.0742. The second-order valence-corrected chi connectivity index (χ2v) is 5.14. The van der Waals surface area contributed by atoms with Gasteiger partial charge in [0.1, 0.15) is 11.4 Å². The molecule has 4 heteroatoms. The zero-order chi connectivity index (χ0) is 15.7. The van der Waals surface area contributed by atoms with Gasteiger partial charge in [0.2, 0.25) is 0 Å². The summed E-state index contributed by atoms with van der Waals surface area (Å²) in [4.78, 5) is 12.8. The molecule has 0 saturated heterocycles. The topological polar surface area (TPSA) is 42.7 Å². The molecule has 0 atom stereocenters. The van der Waals surface area contributed by atoms with Gasteiger partial charge in [0.15, 0.2) is 12.0 Å². The first kappa shape index (κ1) is 17.2. The second-order valence-electron chi connectivity index (χ2n) is 5.14. The van der Waals surface area contributed by atoms with Crippen molar-refractivity contribution in [2.45, 2.75) is 32.9 Å². The zero-order valence-electron chi connectivity index (χ0n) is 13.2. The summed E-state index contributed by atoms with van der Waals surface area (Å²) < 4.78 is 10.6. The molecule has 0 bridgehead atoms. The van der Waals surface area contributed by atoms with E-state index in [4.69, 9.17) is 9.15 Å². The van der Waals surface area contributed by atoms with Crippen molar-refractivity contribution in [3.63, 3.8) is 0 Å². The minimum atomic E-state index is -0.422. The van der Waals surface area contributed by atoms with Gasteiger partial charge in [0.05, 0.1) is 6.54 Å². The number of carbonyl (C=O) groups excluding carboxylic acids is 1.